The first-order chi connectivity index (χ1) is 9.87. The van der Waals surface area contributed by atoms with E-state index in [9.17, 15) is 4.79 Å². The zero-order chi connectivity index (χ0) is 15.9. The fourth-order valence-electron chi connectivity index (χ4n) is 2.56. The van der Waals surface area contributed by atoms with Crippen LogP contribution in [0.3, 0.4) is 0 Å². The van der Waals surface area contributed by atoms with Gasteiger partial charge in [-0.15, -0.1) is 0 Å². The Kier molecular flexibility index (Phi) is 6.90. The normalized spacial score (nSPS) is 14.5. The van der Waals surface area contributed by atoms with Crippen LogP contribution >= 0.6 is 0 Å². The van der Waals surface area contributed by atoms with Crippen molar-refractivity contribution in [2.45, 2.75) is 46.6 Å². The molecule has 2 atom stereocenters. The third-order valence-electron chi connectivity index (χ3n) is 3.43. The first-order valence-corrected chi connectivity index (χ1v) is 7.61. The van der Waals surface area contributed by atoms with Gasteiger partial charge < -0.3 is 9.47 Å². The second-order valence-corrected chi connectivity index (χ2v) is 6.58. The number of carbonyl (C=O) groups is 1. The molecular weight excluding hydrogens is 264 g/mol. The van der Waals surface area contributed by atoms with Crippen molar-refractivity contribution in [2.75, 3.05) is 13.7 Å². The fraction of sp³-hybridized carbons (Fsp3) is 0.611. The summed E-state index contributed by atoms with van der Waals surface area (Å²) in [6.45, 7) is 8.69. The SMILES string of the molecule is CCOC(=O)[C@@H](C[C@H](OC)c1ccccc1)CC(C)(C)C. The van der Waals surface area contributed by atoms with Crippen LogP contribution in [0.4, 0.5) is 0 Å². The maximum Gasteiger partial charge on any atom is 0.309 e. The molecule has 1 aromatic carbocycles. The number of esters is 1. The average molecular weight is 292 g/mol. The summed E-state index contributed by atoms with van der Waals surface area (Å²) >= 11 is 0. The van der Waals surface area contributed by atoms with Gasteiger partial charge >= 0.3 is 5.97 Å². The number of benzene rings is 1. The van der Waals surface area contributed by atoms with Gasteiger partial charge in [0.25, 0.3) is 0 Å². The highest BCUT2D eigenvalue weighted by Crippen LogP contribution is 2.33. The number of ether oxygens (including phenoxy) is 2. The highest BCUT2D eigenvalue weighted by atomic mass is 16.5. The van der Waals surface area contributed by atoms with Gasteiger partial charge in [-0.1, -0.05) is 51.1 Å². The van der Waals surface area contributed by atoms with E-state index in [4.69, 9.17) is 9.47 Å². The molecule has 0 saturated carbocycles. The maximum absolute atomic E-state index is 12.2. The lowest BCUT2D eigenvalue weighted by Gasteiger charge is -2.27. The lowest BCUT2D eigenvalue weighted by Crippen LogP contribution is -2.25. The van der Waals surface area contributed by atoms with Gasteiger partial charge in [-0.25, -0.2) is 0 Å². The summed E-state index contributed by atoms with van der Waals surface area (Å²) in [5.41, 5.74) is 1.18. The molecule has 1 aromatic rings. The van der Waals surface area contributed by atoms with Crippen molar-refractivity contribution >= 4 is 5.97 Å². The molecule has 0 aromatic heterocycles. The molecule has 1 rings (SSSR count). The molecule has 0 aliphatic heterocycles. The van der Waals surface area contributed by atoms with Gasteiger partial charge in [0.05, 0.1) is 18.6 Å². The quantitative estimate of drug-likeness (QED) is 0.700. The van der Waals surface area contributed by atoms with E-state index in [2.05, 4.69) is 20.8 Å². The van der Waals surface area contributed by atoms with E-state index < -0.39 is 0 Å². The van der Waals surface area contributed by atoms with Crippen LogP contribution in [0.25, 0.3) is 0 Å². The van der Waals surface area contributed by atoms with E-state index >= 15 is 0 Å². The first kappa shape index (κ1) is 17.7. The topological polar surface area (TPSA) is 35.5 Å². The minimum absolute atomic E-state index is 0.0758. The summed E-state index contributed by atoms with van der Waals surface area (Å²) in [4.78, 5) is 12.2. The van der Waals surface area contributed by atoms with E-state index in [0.717, 1.165) is 12.0 Å². The van der Waals surface area contributed by atoms with E-state index in [1.54, 1.807) is 7.11 Å². The lowest BCUT2D eigenvalue weighted by atomic mass is 9.81. The Hall–Kier alpha value is -1.35. The number of hydrogen-bond acceptors (Lipinski definition) is 3. The van der Waals surface area contributed by atoms with Gasteiger partial charge in [-0.3, -0.25) is 4.79 Å². The minimum atomic E-state index is -0.143. The molecule has 0 aliphatic carbocycles. The summed E-state index contributed by atoms with van der Waals surface area (Å²) < 4.78 is 10.8. The molecule has 0 heterocycles. The average Bonchev–Trinajstić information content (AvgIpc) is 2.43. The van der Waals surface area contributed by atoms with Crippen molar-refractivity contribution < 1.29 is 14.3 Å². The zero-order valence-corrected chi connectivity index (χ0v) is 13.9. The number of carbonyl (C=O) groups excluding carboxylic acids is 1. The number of methoxy groups -OCH3 is 1. The molecule has 0 saturated heterocycles. The summed E-state index contributed by atoms with van der Waals surface area (Å²) in [7, 11) is 1.69. The van der Waals surface area contributed by atoms with Crippen molar-refractivity contribution in [3.63, 3.8) is 0 Å². The Morgan fingerprint density at radius 1 is 1.19 bits per heavy atom. The van der Waals surface area contributed by atoms with Crippen molar-refractivity contribution in [3.05, 3.63) is 35.9 Å². The van der Waals surface area contributed by atoms with Crippen LogP contribution in [0.15, 0.2) is 30.3 Å². The molecule has 0 unspecified atom stereocenters. The second-order valence-electron chi connectivity index (χ2n) is 6.58. The van der Waals surface area contributed by atoms with Crippen LogP contribution < -0.4 is 0 Å². The number of rotatable bonds is 7. The monoisotopic (exact) mass is 292 g/mol. The van der Waals surface area contributed by atoms with Crippen LogP contribution in [0.2, 0.25) is 0 Å². The smallest absolute Gasteiger partial charge is 0.309 e. The van der Waals surface area contributed by atoms with Crippen LogP contribution in [0.1, 0.15) is 52.2 Å². The first-order valence-electron chi connectivity index (χ1n) is 7.61. The Morgan fingerprint density at radius 3 is 2.29 bits per heavy atom. The third kappa shape index (κ3) is 6.30. The van der Waals surface area contributed by atoms with Crippen molar-refractivity contribution in [1.82, 2.24) is 0 Å². The molecule has 0 fully saturated rings. The molecule has 0 spiro atoms. The Bertz CT molecular complexity index is 420. The van der Waals surface area contributed by atoms with Crippen molar-refractivity contribution in [2.24, 2.45) is 11.3 Å². The van der Waals surface area contributed by atoms with Gasteiger partial charge in [-0.05, 0) is 30.7 Å². The van der Waals surface area contributed by atoms with Crippen LogP contribution in [-0.2, 0) is 14.3 Å². The number of hydrogen-bond donors (Lipinski definition) is 0. The second kappa shape index (κ2) is 8.18. The highest BCUT2D eigenvalue weighted by molar-refractivity contribution is 5.72. The van der Waals surface area contributed by atoms with Crippen LogP contribution in [-0.4, -0.2) is 19.7 Å². The molecule has 3 nitrogen and oxygen atoms in total. The molecular formula is C18H28O3. The molecule has 0 N–H and O–H groups in total. The van der Waals surface area contributed by atoms with E-state index in [0.29, 0.717) is 13.0 Å². The van der Waals surface area contributed by atoms with Gasteiger partial charge in [0, 0.05) is 7.11 Å². The van der Waals surface area contributed by atoms with Gasteiger partial charge in [0.2, 0.25) is 0 Å². The zero-order valence-electron chi connectivity index (χ0n) is 13.9. The Morgan fingerprint density at radius 2 is 1.81 bits per heavy atom. The van der Waals surface area contributed by atoms with Crippen molar-refractivity contribution in [1.29, 1.82) is 0 Å². The lowest BCUT2D eigenvalue weighted by molar-refractivity contribution is -0.150. The maximum atomic E-state index is 12.2. The molecule has 0 aliphatic rings. The van der Waals surface area contributed by atoms with Crippen LogP contribution in [0.5, 0.6) is 0 Å². The molecule has 118 valence electrons. The highest BCUT2D eigenvalue weighted by Gasteiger charge is 2.29. The molecule has 0 amide bonds. The predicted octanol–water partition coefficient (Wildman–Crippen LogP) is 4.38. The van der Waals surface area contributed by atoms with E-state index in [1.807, 2.05) is 37.3 Å². The van der Waals surface area contributed by atoms with Crippen LogP contribution in [0, 0.1) is 11.3 Å². The molecule has 3 heteroatoms. The summed E-state index contributed by atoms with van der Waals surface area (Å²) in [5, 5.41) is 0. The van der Waals surface area contributed by atoms with Crippen molar-refractivity contribution in [3.8, 4) is 0 Å². The summed E-state index contributed by atoms with van der Waals surface area (Å²) in [5.74, 6) is -0.263. The van der Waals surface area contributed by atoms with Gasteiger partial charge in [-0.2, -0.15) is 0 Å². The summed E-state index contributed by atoms with van der Waals surface area (Å²) in [6.07, 6.45) is 1.36. The summed E-state index contributed by atoms with van der Waals surface area (Å²) in [6, 6.07) is 10.0. The standard InChI is InChI=1S/C18H28O3/c1-6-21-17(19)15(13-18(2,3)4)12-16(20-5)14-10-8-7-9-11-14/h7-11,15-16H,6,12-13H2,1-5H3/t15-,16-/m0/s1. The predicted molar refractivity (Wildman–Crippen MR) is 85.0 cm³/mol. The van der Waals surface area contributed by atoms with E-state index in [1.165, 1.54) is 0 Å². The Labute approximate surface area is 128 Å². The third-order valence-corrected chi connectivity index (χ3v) is 3.43. The molecule has 21 heavy (non-hydrogen) atoms. The van der Waals surface area contributed by atoms with E-state index in [-0.39, 0.29) is 23.4 Å². The minimum Gasteiger partial charge on any atom is -0.466 e. The van der Waals surface area contributed by atoms with Gasteiger partial charge in [0.1, 0.15) is 0 Å². The Balaban J connectivity index is 2.85. The largest absolute Gasteiger partial charge is 0.466 e. The molecule has 0 radical (unpaired) electrons. The van der Waals surface area contributed by atoms with Gasteiger partial charge in [0.15, 0.2) is 0 Å². The molecule has 0 bridgehead atoms. The fourth-order valence-corrected chi connectivity index (χ4v) is 2.56.